The predicted octanol–water partition coefficient (Wildman–Crippen LogP) is 14.0. The lowest BCUT2D eigenvalue weighted by Gasteiger charge is -2.37. The van der Waals surface area contributed by atoms with Crippen LogP contribution < -0.4 is 16.2 Å². The molecule has 0 bridgehead atoms. The van der Waals surface area contributed by atoms with Crippen LogP contribution in [0, 0.1) is 0 Å². The molecule has 9 aromatic carbocycles. The highest BCUT2D eigenvalue weighted by Gasteiger charge is 2.36. The molecule has 58 heavy (non-hydrogen) atoms. The quantitative estimate of drug-likeness (QED) is 0.176. The molecular weight excluding hydrogens is 738 g/mol. The average molecular weight is 771 g/mol. The fourth-order valence-electron chi connectivity index (χ4n) is 10.1. The first-order valence-electron chi connectivity index (χ1n) is 20.1. The number of rotatable bonds is 4. The first kappa shape index (κ1) is 32.6. The van der Waals surface area contributed by atoms with Crippen molar-refractivity contribution in [3.63, 3.8) is 0 Å². The molecule has 1 N–H and O–H groups in total. The Bertz CT molecular complexity index is 3500. The van der Waals surface area contributed by atoms with Gasteiger partial charge in [-0.15, -0.1) is 22.7 Å². The van der Waals surface area contributed by atoms with E-state index in [1.54, 1.807) is 0 Å². The minimum absolute atomic E-state index is 0.220. The van der Waals surface area contributed by atoms with Crippen LogP contribution in [0.1, 0.15) is 22.6 Å². The van der Waals surface area contributed by atoms with Crippen molar-refractivity contribution < 1.29 is 0 Å². The molecule has 2 aromatic heterocycles. The summed E-state index contributed by atoms with van der Waals surface area (Å²) in [7, 11) is 2.50. The second-order valence-corrected chi connectivity index (χ2v) is 17.9. The van der Waals surface area contributed by atoms with Crippen LogP contribution in [-0.4, -0.2) is 7.28 Å². The summed E-state index contributed by atoms with van der Waals surface area (Å²) in [6.07, 6.45) is 0.964. The molecule has 1 atom stereocenters. The third kappa shape index (κ3) is 4.76. The van der Waals surface area contributed by atoms with Gasteiger partial charge in [-0.3, -0.25) is 0 Å². The number of hydrogen-bond acceptors (Lipinski definition) is 3. The van der Waals surface area contributed by atoms with Crippen molar-refractivity contribution in [2.24, 2.45) is 0 Å². The Morgan fingerprint density at radius 2 is 1.19 bits per heavy atom. The Morgan fingerprint density at radius 3 is 2.03 bits per heavy atom. The molecule has 0 fully saturated rings. The standard InChI is InChI=1S/C54H33BNS2/c1-2-12-31(13-3-1)33-28-43-42-30-41-34-15-5-4-14-32(34)24-25-35(41)38-18-10-20-45(50(38)42)55-52(43)44(29-33)51-46(27-26-40-37-17-7-9-23-49(37)58-54(40)51)56-47-21-11-19-39-36-16-6-8-22-48(36)57-53(39)47/h1-29,42,56H,30H2. The smallest absolute Gasteiger partial charge is 0.193 e. The zero-order chi connectivity index (χ0) is 37.9. The van der Waals surface area contributed by atoms with Gasteiger partial charge in [-0.05, 0) is 92.0 Å². The molecule has 13 rings (SSSR count). The number of thiophene rings is 2. The number of anilines is 2. The van der Waals surface area contributed by atoms with Crippen molar-refractivity contribution in [2.75, 3.05) is 5.32 Å². The third-order valence-electron chi connectivity index (χ3n) is 12.7. The molecular formula is C54H33BNS2. The Balaban J connectivity index is 1.10. The molecule has 3 heterocycles. The molecule has 1 aliphatic heterocycles. The highest BCUT2D eigenvalue weighted by Crippen LogP contribution is 2.50. The van der Waals surface area contributed by atoms with Crippen molar-refractivity contribution in [1.29, 1.82) is 0 Å². The van der Waals surface area contributed by atoms with E-state index in [0.29, 0.717) is 0 Å². The van der Waals surface area contributed by atoms with E-state index in [4.69, 9.17) is 0 Å². The van der Waals surface area contributed by atoms with E-state index in [-0.39, 0.29) is 5.92 Å². The van der Waals surface area contributed by atoms with Gasteiger partial charge >= 0.3 is 0 Å². The fraction of sp³-hybridized carbons (Fsp3) is 0.0370. The van der Waals surface area contributed by atoms with Crippen molar-refractivity contribution in [2.45, 2.75) is 12.3 Å². The summed E-state index contributed by atoms with van der Waals surface area (Å²) >= 11 is 3.79. The van der Waals surface area contributed by atoms with Gasteiger partial charge in [0, 0.05) is 52.8 Å². The molecule has 2 aliphatic rings. The van der Waals surface area contributed by atoms with Crippen LogP contribution in [0.4, 0.5) is 11.4 Å². The van der Waals surface area contributed by atoms with Gasteiger partial charge < -0.3 is 5.32 Å². The van der Waals surface area contributed by atoms with Crippen molar-refractivity contribution in [3.05, 3.63) is 193 Å². The van der Waals surface area contributed by atoms with Crippen LogP contribution in [-0.2, 0) is 6.42 Å². The van der Waals surface area contributed by atoms with Crippen LogP contribution in [0.5, 0.6) is 0 Å². The Labute approximate surface area is 345 Å². The zero-order valence-electron chi connectivity index (χ0n) is 31.4. The summed E-state index contributed by atoms with van der Waals surface area (Å²) in [6.45, 7) is 0. The summed E-state index contributed by atoms with van der Waals surface area (Å²) < 4.78 is 5.22. The average Bonchev–Trinajstić information content (AvgIpc) is 3.86. The van der Waals surface area contributed by atoms with Gasteiger partial charge in [-0.2, -0.15) is 0 Å². The monoisotopic (exact) mass is 770 g/mol. The minimum atomic E-state index is 0.220. The summed E-state index contributed by atoms with van der Waals surface area (Å²) in [5.74, 6) is 0.220. The number of fused-ring (bicyclic) bond motifs is 12. The van der Waals surface area contributed by atoms with Gasteiger partial charge in [0.2, 0.25) is 0 Å². The van der Waals surface area contributed by atoms with Gasteiger partial charge in [0.15, 0.2) is 7.28 Å². The molecule has 1 aliphatic carbocycles. The Morgan fingerprint density at radius 1 is 0.483 bits per heavy atom. The second kappa shape index (κ2) is 12.5. The summed E-state index contributed by atoms with van der Waals surface area (Å²) in [5.41, 5.74) is 17.0. The summed E-state index contributed by atoms with van der Waals surface area (Å²) in [5, 5.41) is 12.0. The van der Waals surface area contributed by atoms with Crippen LogP contribution in [0.3, 0.4) is 0 Å². The largest absolute Gasteiger partial charge is 0.354 e. The van der Waals surface area contributed by atoms with Gasteiger partial charge in [0.05, 0.1) is 10.4 Å². The van der Waals surface area contributed by atoms with Crippen molar-refractivity contribution in [1.82, 2.24) is 0 Å². The maximum Gasteiger partial charge on any atom is 0.193 e. The van der Waals surface area contributed by atoms with E-state index in [1.807, 2.05) is 22.7 Å². The van der Waals surface area contributed by atoms with Crippen LogP contribution >= 0.6 is 22.7 Å². The predicted molar refractivity (Wildman–Crippen MR) is 253 cm³/mol. The number of hydrogen-bond donors (Lipinski definition) is 1. The van der Waals surface area contributed by atoms with Crippen LogP contribution in [0.15, 0.2) is 176 Å². The minimum Gasteiger partial charge on any atom is -0.354 e. The van der Waals surface area contributed by atoms with Gasteiger partial charge in [-0.1, -0.05) is 157 Å². The first-order valence-corrected chi connectivity index (χ1v) is 21.7. The lowest BCUT2D eigenvalue weighted by Crippen LogP contribution is -2.42. The molecule has 1 nitrogen and oxygen atoms in total. The van der Waals surface area contributed by atoms with E-state index in [0.717, 1.165) is 17.8 Å². The number of benzene rings is 9. The lowest BCUT2D eigenvalue weighted by molar-refractivity contribution is 0.805. The highest BCUT2D eigenvalue weighted by molar-refractivity contribution is 7.27. The molecule has 269 valence electrons. The van der Waals surface area contributed by atoms with E-state index < -0.39 is 0 Å². The molecule has 1 unspecified atom stereocenters. The first-order chi connectivity index (χ1) is 28.7. The third-order valence-corrected chi connectivity index (χ3v) is 15.1. The maximum atomic E-state index is 4.08. The zero-order valence-corrected chi connectivity index (χ0v) is 33.1. The van der Waals surface area contributed by atoms with Crippen molar-refractivity contribution >= 4 is 103 Å². The molecule has 0 saturated carbocycles. The van der Waals surface area contributed by atoms with Crippen LogP contribution in [0.25, 0.3) is 84.5 Å². The Hall–Kier alpha value is -6.46. The molecule has 4 heteroatoms. The van der Waals surface area contributed by atoms with Crippen molar-refractivity contribution in [3.8, 4) is 33.4 Å². The maximum absolute atomic E-state index is 4.08. The number of nitrogens with one attached hydrogen (secondary N) is 1. The van der Waals surface area contributed by atoms with Gasteiger partial charge in [0.25, 0.3) is 0 Å². The molecule has 0 spiro atoms. The Kier molecular flexibility index (Phi) is 7.04. The molecule has 0 amide bonds. The molecule has 11 aromatic rings. The highest BCUT2D eigenvalue weighted by atomic mass is 32.1. The van der Waals surface area contributed by atoms with E-state index >= 15 is 0 Å². The molecule has 0 saturated heterocycles. The van der Waals surface area contributed by atoms with Gasteiger partial charge in [0.1, 0.15) is 0 Å². The van der Waals surface area contributed by atoms with Crippen LogP contribution in [0.2, 0.25) is 0 Å². The molecule has 1 radical (unpaired) electrons. The van der Waals surface area contributed by atoms with Gasteiger partial charge in [-0.25, -0.2) is 0 Å². The lowest BCUT2D eigenvalue weighted by atomic mass is 9.50. The topological polar surface area (TPSA) is 12.0 Å². The van der Waals surface area contributed by atoms with E-state index in [2.05, 4.69) is 189 Å². The van der Waals surface area contributed by atoms with E-state index in [9.17, 15) is 0 Å². The SMILES string of the molecule is [B]1c2cccc3c2C(Cc2c-3ccc3ccccc23)c2cc(-c3ccccc3)cc(-c3c(Nc4cccc5c4sc4ccccc45)ccc4c3sc3ccccc34)c21. The second-order valence-electron chi connectivity index (χ2n) is 15.8. The normalized spacial score (nSPS) is 14.1. The van der Waals surface area contributed by atoms with E-state index in [1.165, 1.54) is 112 Å². The fourth-order valence-corrected chi connectivity index (χ4v) is 12.6. The summed E-state index contributed by atoms with van der Waals surface area (Å²) in [6, 6.07) is 65.6. The summed E-state index contributed by atoms with van der Waals surface area (Å²) in [4.78, 5) is 0.